The Hall–Kier alpha value is -2.65. The lowest BCUT2D eigenvalue weighted by molar-refractivity contribution is -0.145. The van der Waals surface area contributed by atoms with Gasteiger partial charge in [0, 0.05) is 12.1 Å². The van der Waals surface area contributed by atoms with Crippen molar-refractivity contribution in [1.82, 2.24) is 20.9 Å². The highest BCUT2D eigenvalue weighted by Gasteiger charge is 2.70. The van der Waals surface area contributed by atoms with Crippen LogP contribution in [0.5, 0.6) is 0 Å². The van der Waals surface area contributed by atoms with Crippen molar-refractivity contribution in [2.75, 3.05) is 6.54 Å². The van der Waals surface area contributed by atoms with Crippen molar-refractivity contribution >= 4 is 29.5 Å². The van der Waals surface area contributed by atoms with Crippen molar-refractivity contribution in [3.05, 3.63) is 0 Å². The fourth-order valence-electron chi connectivity index (χ4n) is 5.70. The number of nitrogens with zero attached hydrogens (tertiary/aromatic N) is 1. The summed E-state index contributed by atoms with van der Waals surface area (Å²) in [5.41, 5.74) is 4.03. The van der Waals surface area contributed by atoms with Crippen molar-refractivity contribution < 1.29 is 24.0 Å². The van der Waals surface area contributed by atoms with E-state index in [2.05, 4.69) is 29.8 Å². The molecule has 0 aromatic heterocycles. The smallest absolute Gasteiger partial charge is 0.315 e. The first-order valence-corrected chi connectivity index (χ1v) is 12.9. The molecular weight excluding hydrogens is 462 g/mol. The van der Waals surface area contributed by atoms with Crippen molar-refractivity contribution in [3.63, 3.8) is 0 Å². The van der Waals surface area contributed by atoms with Gasteiger partial charge >= 0.3 is 6.03 Å². The van der Waals surface area contributed by atoms with Crippen molar-refractivity contribution in [2.24, 2.45) is 34.3 Å². The minimum Gasteiger partial charge on any atom is -0.363 e. The van der Waals surface area contributed by atoms with Gasteiger partial charge in [0.1, 0.15) is 18.1 Å². The van der Waals surface area contributed by atoms with Crippen LogP contribution in [0.2, 0.25) is 0 Å². The number of rotatable bonds is 7. The third-order valence-electron chi connectivity index (χ3n) is 8.08. The molecule has 0 radical (unpaired) electrons. The molecule has 1 heterocycles. The third-order valence-corrected chi connectivity index (χ3v) is 8.08. The fourth-order valence-corrected chi connectivity index (χ4v) is 5.70. The molecule has 0 aromatic rings. The minimum absolute atomic E-state index is 0.0730. The van der Waals surface area contributed by atoms with Gasteiger partial charge in [-0.3, -0.25) is 19.2 Å². The summed E-state index contributed by atoms with van der Waals surface area (Å²) in [5.74, 6) is -2.73. The molecular formula is C26H43N5O5. The van der Waals surface area contributed by atoms with Gasteiger partial charge in [0.05, 0.1) is 0 Å². The lowest BCUT2D eigenvalue weighted by Gasteiger charge is -2.39. The molecule has 0 spiro atoms. The van der Waals surface area contributed by atoms with Gasteiger partial charge in [0.25, 0.3) is 5.91 Å². The van der Waals surface area contributed by atoms with Gasteiger partial charge in [-0.15, -0.1) is 0 Å². The number of primary amides is 1. The number of nitrogens with one attached hydrogen (secondary N) is 3. The second-order valence-electron chi connectivity index (χ2n) is 13.4. The van der Waals surface area contributed by atoms with Crippen LogP contribution < -0.4 is 21.7 Å². The maximum Gasteiger partial charge on any atom is 0.315 e. The second kappa shape index (κ2) is 9.34. The van der Waals surface area contributed by atoms with Crippen LogP contribution in [0.1, 0.15) is 74.7 Å². The maximum atomic E-state index is 13.9. The quantitative estimate of drug-likeness (QED) is 0.385. The highest BCUT2D eigenvalue weighted by Crippen LogP contribution is 2.65. The first kappa shape index (κ1) is 27.9. The van der Waals surface area contributed by atoms with Gasteiger partial charge < -0.3 is 26.6 Å². The standard InChI is InChI=1S/C26H43N5O5/c1-24(2,3)19(29-23(36)30-25(4,5)6)22(35)31-12-14-15(26(14,7)8)17(31)21(34)28-16(13-10-9-11-13)18(32)20(27)33/h13-17,19H,9-12H2,1-8H3,(H2,27,33)(H,28,34)(H2,29,30,36)/t14-,15-,16?,17-,19+/m0/s1. The van der Waals surface area contributed by atoms with Crippen LogP contribution in [0.15, 0.2) is 0 Å². The molecule has 2 saturated carbocycles. The molecule has 1 unspecified atom stereocenters. The Kier molecular flexibility index (Phi) is 7.24. The first-order valence-electron chi connectivity index (χ1n) is 12.9. The van der Waals surface area contributed by atoms with E-state index in [1.807, 2.05) is 41.5 Å². The van der Waals surface area contributed by atoms with Crippen LogP contribution in [0, 0.1) is 28.6 Å². The molecule has 5 N–H and O–H groups in total. The monoisotopic (exact) mass is 505 g/mol. The summed E-state index contributed by atoms with van der Waals surface area (Å²) in [6.45, 7) is 15.7. The van der Waals surface area contributed by atoms with Crippen LogP contribution in [0.4, 0.5) is 4.79 Å². The highest BCUT2D eigenvalue weighted by molar-refractivity contribution is 6.38. The van der Waals surface area contributed by atoms with Gasteiger partial charge in [0.15, 0.2) is 0 Å². The van der Waals surface area contributed by atoms with Gasteiger partial charge in [-0.2, -0.15) is 0 Å². The predicted octanol–water partition coefficient (Wildman–Crippen LogP) is 1.32. The molecule has 0 aromatic carbocycles. The molecule has 2 aliphatic carbocycles. The van der Waals surface area contributed by atoms with Crippen molar-refractivity contribution in [2.45, 2.75) is 98.3 Å². The summed E-state index contributed by atoms with van der Waals surface area (Å²) >= 11 is 0. The summed E-state index contributed by atoms with van der Waals surface area (Å²) in [6.07, 6.45) is 2.38. The fraction of sp³-hybridized carbons (Fsp3) is 0.808. The Morgan fingerprint density at radius 3 is 2.00 bits per heavy atom. The number of ketones is 1. The molecule has 1 aliphatic heterocycles. The molecule has 202 valence electrons. The van der Waals surface area contributed by atoms with Crippen LogP contribution in [-0.2, 0) is 19.2 Å². The van der Waals surface area contributed by atoms with E-state index in [9.17, 15) is 24.0 Å². The molecule has 1 saturated heterocycles. The lowest BCUT2D eigenvalue weighted by atomic mass is 9.78. The molecule has 0 bridgehead atoms. The average molecular weight is 506 g/mol. The average Bonchev–Trinajstić information content (AvgIpc) is 3.02. The van der Waals surface area contributed by atoms with Crippen LogP contribution in [0.3, 0.4) is 0 Å². The van der Waals surface area contributed by atoms with E-state index in [0.717, 1.165) is 19.3 Å². The summed E-state index contributed by atoms with van der Waals surface area (Å²) in [6, 6.07) is -3.10. The molecule has 10 heteroatoms. The number of carbonyl (C=O) groups is 5. The van der Waals surface area contributed by atoms with Gasteiger partial charge in [0.2, 0.25) is 17.6 Å². The van der Waals surface area contributed by atoms with E-state index in [1.165, 1.54) is 0 Å². The molecule has 3 rings (SSSR count). The Morgan fingerprint density at radius 1 is 0.972 bits per heavy atom. The summed E-state index contributed by atoms with van der Waals surface area (Å²) in [7, 11) is 0. The van der Waals surface area contributed by atoms with Crippen LogP contribution in [-0.4, -0.2) is 64.6 Å². The van der Waals surface area contributed by atoms with Crippen molar-refractivity contribution in [3.8, 4) is 0 Å². The number of fused-ring (bicyclic) bond motifs is 1. The van der Waals surface area contributed by atoms with Gasteiger partial charge in [-0.25, -0.2) is 4.79 Å². The number of carbonyl (C=O) groups excluding carboxylic acids is 5. The predicted molar refractivity (Wildman–Crippen MR) is 134 cm³/mol. The second-order valence-corrected chi connectivity index (χ2v) is 13.4. The van der Waals surface area contributed by atoms with E-state index in [4.69, 9.17) is 5.73 Å². The molecule has 5 amide bonds. The lowest BCUT2D eigenvalue weighted by Crippen LogP contribution is -2.62. The zero-order valence-corrected chi connectivity index (χ0v) is 22.9. The molecule has 10 nitrogen and oxygen atoms in total. The van der Waals surface area contributed by atoms with Gasteiger partial charge in [-0.1, -0.05) is 41.0 Å². The Morgan fingerprint density at radius 2 is 1.56 bits per heavy atom. The van der Waals surface area contributed by atoms with E-state index in [1.54, 1.807) is 4.90 Å². The number of piperidine rings is 1. The number of amides is 5. The summed E-state index contributed by atoms with van der Waals surface area (Å²) < 4.78 is 0. The van der Waals surface area contributed by atoms with E-state index < -0.39 is 52.7 Å². The molecule has 36 heavy (non-hydrogen) atoms. The molecule has 3 aliphatic rings. The Balaban J connectivity index is 1.85. The zero-order valence-electron chi connectivity index (χ0n) is 22.9. The summed E-state index contributed by atoms with van der Waals surface area (Å²) in [4.78, 5) is 65.9. The number of urea groups is 1. The summed E-state index contributed by atoms with van der Waals surface area (Å²) in [5, 5.41) is 8.44. The highest BCUT2D eigenvalue weighted by atomic mass is 16.2. The topological polar surface area (TPSA) is 151 Å². The van der Waals surface area contributed by atoms with E-state index in [-0.39, 0.29) is 29.1 Å². The number of likely N-dealkylation sites (tertiary alicyclic amines) is 1. The largest absolute Gasteiger partial charge is 0.363 e. The first-order chi connectivity index (χ1) is 16.4. The minimum atomic E-state index is -1.07. The third kappa shape index (κ3) is 5.52. The van der Waals surface area contributed by atoms with Gasteiger partial charge in [-0.05, 0) is 62.2 Å². The number of Topliss-reactive ketones (excluding diaryl/α,β-unsaturated/α-hetero) is 1. The SMILES string of the molecule is CC(C)(C)NC(=O)N[C@H](C(=O)N1C[C@H]2[C@@H]([C@H]1C(=O)NC(C(=O)C(N)=O)C1CCC1)C2(C)C)C(C)(C)C. The van der Waals surface area contributed by atoms with Crippen LogP contribution >= 0.6 is 0 Å². The van der Waals surface area contributed by atoms with Crippen molar-refractivity contribution in [1.29, 1.82) is 0 Å². The number of nitrogens with two attached hydrogens (primary N) is 1. The maximum absolute atomic E-state index is 13.9. The normalized spacial score (nSPS) is 26.7. The molecule has 3 fully saturated rings. The molecule has 5 atom stereocenters. The Bertz CT molecular complexity index is 943. The van der Waals surface area contributed by atoms with E-state index in [0.29, 0.717) is 6.54 Å². The Labute approximate surface area is 213 Å². The van der Waals surface area contributed by atoms with E-state index >= 15 is 0 Å². The zero-order chi connectivity index (χ0) is 27.4. The number of hydrogen-bond donors (Lipinski definition) is 4. The van der Waals surface area contributed by atoms with Crippen LogP contribution in [0.25, 0.3) is 0 Å². The number of hydrogen-bond acceptors (Lipinski definition) is 5.